The fourth-order valence-corrected chi connectivity index (χ4v) is 1.75. The largest absolute Gasteiger partial charge is 0.331 e. The molecule has 0 aliphatic carbocycles. The molecule has 1 aromatic carbocycles. The van der Waals surface area contributed by atoms with Crippen LogP contribution >= 0.6 is 46.4 Å². The van der Waals surface area contributed by atoms with E-state index in [1.165, 1.54) is 6.07 Å². The van der Waals surface area contributed by atoms with Crippen molar-refractivity contribution in [1.29, 1.82) is 0 Å². The van der Waals surface area contributed by atoms with E-state index in [2.05, 4.69) is 10.6 Å². The predicted molar refractivity (Wildman–Crippen MR) is 76.9 cm³/mol. The van der Waals surface area contributed by atoms with Crippen molar-refractivity contribution in [1.82, 2.24) is 10.6 Å². The average Bonchev–Trinajstić information content (AvgIpc) is 2.40. The van der Waals surface area contributed by atoms with Crippen molar-refractivity contribution < 1.29 is 9.59 Å². The Balaban J connectivity index is 2.96. The van der Waals surface area contributed by atoms with Crippen LogP contribution in [0.15, 0.2) is 18.2 Å². The third-order valence-corrected chi connectivity index (χ3v) is 3.35. The van der Waals surface area contributed by atoms with Crippen LogP contribution in [-0.2, 0) is 9.59 Å². The van der Waals surface area contributed by atoms with E-state index in [1.807, 2.05) is 0 Å². The Morgan fingerprint density at radius 3 is 1.95 bits per heavy atom. The maximum Gasteiger partial charge on any atom is 0.236 e. The smallest absolute Gasteiger partial charge is 0.236 e. The third kappa shape index (κ3) is 5.07. The molecule has 0 atom stereocenters. The number of carbonyl (C=O) groups excluding carboxylic acids is 2. The van der Waals surface area contributed by atoms with Gasteiger partial charge in [0.05, 0.1) is 10.0 Å². The molecule has 0 fully saturated rings. The van der Waals surface area contributed by atoms with E-state index in [4.69, 9.17) is 46.4 Å². The van der Waals surface area contributed by atoms with Gasteiger partial charge >= 0.3 is 0 Å². The van der Waals surface area contributed by atoms with Crippen molar-refractivity contribution in [3.8, 4) is 0 Å². The minimum Gasteiger partial charge on any atom is -0.331 e. The standard InChI is InChI=1S/C11H10Cl4N2O2/c12-4-9(18)16-11(17-10(19)5-13)6-1-2-7(14)8(15)3-6/h1-3,11H,4-5H2,(H,16,18)(H,17,19). The van der Waals surface area contributed by atoms with Crippen LogP contribution in [0, 0.1) is 0 Å². The zero-order chi connectivity index (χ0) is 14.4. The highest BCUT2D eigenvalue weighted by Gasteiger charge is 2.17. The van der Waals surface area contributed by atoms with Gasteiger partial charge in [0, 0.05) is 0 Å². The lowest BCUT2D eigenvalue weighted by Gasteiger charge is -2.20. The van der Waals surface area contributed by atoms with E-state index in [9.17, 15) is 9.59 Å². The number of hydrogen-bond acceptors (Lipinski definition) is 2. The molecule has 1 rings (SSSR count). The van der Waals surface area contributed by atoms with E-state index in [1.54, 1.807) is 12.1 Å². The number of rotatable bonds is 5. The summed E-state index contributed by atoms with van der Waals surface area (Å²) in [7, 11) is 0. The van der Waals surface area contributed by atoms with Gasteiger partial charge in [0.1, 0.15) is 17.9 Å². The van der Waals surface area contributed by atoms with Crippen LogP contribution in [0.4, 0.5) is 0 Å². The Morgan fingerprint density at radius 2 is 1.53 bits per heavy atom. The number of hydrogen-bond donors (Lipinski definition) is 2. The summed E-state index contributed by atoms with van der Waals surface area (Å²) in [5, 5.41) is 5.74. The highest BCUT2D eigenvalue weighted by Crippen LogP contribution is 2.25. The summed E-state index contributed by atoms with van der Waals surface area (Å²) < 4.78 is 0. The van der Waals surface area contributed by atoms with Gasteiger partial charge < -0.3 is 10.6 Å². The van der Waals surface area contributed by atoms with Crippen molar-refractivity contribution in [3.05, 3.63) is 33.8 Å². The van der Waals surface area contributed by atoms with Gasteiger partial charge in [-0.1, -0.05) is 29.3 Å². The van der Waals surface area contributed by atoms with E-state index in [0.717, 1.165) is 0 Å². The van der Waals surface area contributed by atoms with Gasteiger partial charge in [0.15, 0.2) is 0 Å². The Kier molecular flexibility index (Phi) is 6.72. The summed E-state index contributed by atoms with van der Waals surface area (Å²) in [5.41, 5.74) is 0.561. The number of carbonyl (C=O) groups is 2. The molecule has 0 bridgehead atoms. The second-order valence-electron chi connectivity index (χ2n) is 3.51. The van der Waals surface area contributed by atoms with Crippen molar-refractivity contribution >= 4 is 58.2 Å². The van der Waals surface area contributed by atoms with Crippen LogP contribution in [0.3, 0.4) is 0 Å². The minimum atomic E-state index is -0.771. The molecule has 2 N–H and O–H groups in total. The minimum absolute atomic E-state index is 0.228. The summed E-state index contributed by atoms with van der Waals surface area (Å²) in [5.74, 6) is -1.33. The molecule has 0 saturated heterocycles. The molecule has 104 valence electrons. The summed E-state index contributed by atoms with van der Waals surface area (Å²) in [6.45, 7) is 0. The molecular formula is C11H10Cl4N2O2. The lowest BCUT2D eigenvalue weighted by atomic mass is 10.1. The van der Waals surface area contributed by atoms with Crippen molar-refractivity contribution in [3.63, 3.8) is 0 Å². The van der Waals surface area contributed by atoms with Gasteiger partial charge in [-0.15, -0.1) is 23.2 Å². The van der Waals surface area contributed by atoms with Gasteiger partial charge in [-0.25, -0.2) is 0 Å². The molecule has 0 heterocycles. The molecule has 0 aliphatic heterocycles. The summed E-state index contributed by atoms with van der Waals surface area (Å²) in [6, 6.07) is 4.73. The Bertz CT molecular complexity index is 464. The van der Waals surface area contributed by atoms with Gasteiger partial charge in [0.25, 0.3) is 0 Å². The van der Waals surface area contributed by atoms with E-state index in [-0.39, 0.29) is 11.8 Å². The van der Waals surface area contributed by atoms with Crippen molar-refractivity contribution in [2.45, 2.75) is 6.17 Å². The molecule has 0 unspecified atom stereocenters. The molecule has 0 spiro atoms. The summed E-state index contributed by atoms with van der Waals surface area (Å²) >= 11 is 22.5. The molecular weight excluding hydrogens is 334 g/mol. The normalized spacial score (nSPS) is 10.4. The molecule has 0 saturated carbocycles. The van der Waals surface area contributed by atoms with Gasteiger partial charge in [0.2, 0.25) is 11.8 Å². The lowest BCUT2D eigenvalue weighted by molar-refractivity contribution is -0.122. The summed E-state index contributed by atoms with van der Waals surface area (Å²) in [6.07, 6.45) is -0.771. The zero-order valence-corrected chi connectivity index (χ0v) is 12.6. The SMILES string of the molecule is O=C(CCl)NC(NC(=O)CCl)c1ccc(Cl)c(Cl)c1. The fourth-order valence-electron chi connectivity index (χ4n) is 1.29. The van der Waals surface area contributed by atoms with E-state index < -0.39 is 18.0 Å². The molecule has 2 amide bonds. The van der Waals surface area contributed by atoms with E-state index in [0.29, 0.717) is 15.6 Å². The predicted octanol–water partition coefficient (Wildman–Crippen LogP) is 2.70. The molecule has 1 aromatic rings. The monoisotopic (exact) mass is 342 g/mol. The van der Waals surface area contributed by atoms with Crippen molar-refractivity contribution in [2.75, 3.05) is 11.8 Å². The maximum absolute atomic E-state index is 11.3. The Morgan fingerprint density at radius 1 is 1.00 bits per heavy atom. The first-order valence-electron chi connectivity index (χ1n) is 5.13. The second kappa shape index (κ2) is 7.80. The number of benzene rings is 1. The van der Waals surface area contributed by atoms with Gasteiger partial charge in [-0.05, 0) is 17.7 Å². The number of amides is 2. The molecule has 4 nitrogen and oxygen atoms in total. The van der Waals surface area contributed by atoms with Gasteiger partial charge in [-0.2, -0.15) is 0 Å². The third-order valence-electron chi connectivity index (χ3n) is 2.13. The maximum atomic E-state index is 11.3. The van der Waals surface area contributed by atoms with Crippen LogP contribution < -0.4 is 10.6 Å². The fraction of sp³-hybridized carbons (Fsp3) is 0.273. The number of nitrogens with one attached hydrogen (secondary N) is 2. The molecule has 19 heavy (non-hydrogen) atoms. The highest BCUT2D eigenvalue weighted by atomic mass is 35.5. The average molecular weight is 344 g/mol. The number of alkyl halides is 2. The summed E-state index contributed by atoms with van der Waals surface area (Å²) in [4.78, 5) is 22.7. The molecule has 0 aromatic heterocycles. The second-order valence-corrected chi connectivity index (χ2v) is 4.86. The molecule has 0 aliphatic rings. The Hall–Kier alpha value is -0.680. The van der Waals surface area contributed by atoms with Crippen LogP contribution in [0.1, 0.15) is 11.7 Å². The quantitative estimate of drug-likeness (QED) is 0.638. The molecule has 8 heteroatoms. The molecule has 0 radical (unpaired) electrons. The van der Waals surface area contributed by atoms with Crippen LogP contribution in [0.25, 0.3) is 0 Å². The first-order valence-corrected chi connectivity index (χ1v) is 6.96. The first kappa shape index (κ1) is 16.4. The zero-order valence-electron chi connectivity index (χ0n) is 9.55. The van der Waals surface area contributed by atoms with Gasteiger partial charge in [-0.3, -0.25) is 9.59 Å². The topological polar surface area (TPSA) is 58.2 Å². The number of halogens is 4. The lowest BCUT2D eigenvalue weighted by Crippen LogP contribution is -2.42. The highest BCUT2D eigenvalue weighted by molar-refractivity contribution is 6.42. The van der Waals surface area contributed by atoms with E-state index >= 15 is 0 Å². The van der Waals surface area contributed by atoms with Crippen molar-refractivity contribution in [2.24, 2.45) is 0 Å². The first-order chi connectivity index (χ1) is 8.97. The Labute approximate surface area is 130 Å². The van der Waals surface area contributed by atoms with Crippen LogP contribution in [-0.4, -0.2) is 23.6 Å². The van der Waals surface area contributed by atoms with Crippen LogP contribution in [0.5, 0.6) is 0 Å². The van der Waals surface area contributed by atoms with Crippen LogP contribution in [0.2, 0.25) is 10.0 Å².